The van der Waals surface area contributed by atoms with Crippen LogP contribution >= 0.6 is 0 Å². The molecule has 1 rings (SSSR count). The maximum atomic E-state index is 7.32. The smallest absolute Gasteiger partial charge is 0.207 e. The van der Waals surface area contributed by atoms with E-state index in [2.05, 4.69) is 5.32 Å². The van der Waals surface area contributed by atoms with Gasteiger partial charge in [0.15, 0.2) is 0 Å². The molecule has 0 atom stereocenters. The third-order valence-corrected chi connectivity index (χ3v) is 1.83. The van der Waals surface area contributed by atoms with E-state index >= 15 is 0 Å². The van der Waals surface area contributed by atoms with Gasteiger partial charge in [-0.15, -0.1) is 0 Å². The Labute approximate surface area is 72.3 Å². The summed E-state index contributed by atoms with van der Waals surface area (Å²) in [5, 5.41) is 10.5. The average Bonchev–Trinajstić information content (AvgIpc) is 2.06. The second-order valence-corrected chi connectivity index (χ2v) is 2.79. The molecule has 0 unspecified atom stereocenters. The number of hydrogen-bond donors (Lipinski definition) is 3. The Balaban J connectivity index is 2.24. The summed E-state index contributed by atoms with van der Waals surface area (Å²) in [4.78, 5) is 0. The molecule has 0 aromatic heterocycles. The van der Waals surface area contributed by atoms with E-state index in [0.29, 0.717) is 0 Å². The first-order valence-electron chi connectivity index (χ1n) is 4.17. The first kappa shape index (κ1) is 9.06. The second kappa shape index (κ2) is 4.77. The van der Waals surface area contributed by atoms with Crippen molar-refractivity contribution in [2.24, 2.45) is 5.73 Å². The molecule has 1 fully saturated rings. The third kappa shape index (κ3) is 2.92. The van der Waals surface area contributed by atoms with E-state index in [4.69, 9.17) is 15.9 Å². The molecule has 1 saturated heterocycles. The predicted molar refractivity (Wildman–Crippen MR) is 48.0 cm³/mol. The van der Waals surface area contributed by atoms with Crippen molar-refractivity contribution in [1.29, 1.82) is 5.41 Å². The van der Waals surface area contributed by atoms with Crippen LogP contribution < -0.4 is 11.1 Å². The standard InChI is InChI=1S/C8H15N3O/c9-4-1-8(10)12-7-2-5-11-6-3-7/h1,4,7,10-11H,2-3,5-6,9H2. The predicted octanol–water partition coefficient (Wildman–Crippen LogP) is 0.205. The second-order valence-electron chi connectivity index (χ2n) is 2.79. The molecule has 0 aliphatic carbocycles. The van der Waals surface area contributed by atoms with Gasteiger partial charge in [0.2, 0.25) is 5.90 Å². The van der Waals surface area contributed by atoms with Gasteiger partial charge in [-0.05, 0) is 32.1 Å². The molecule has 1 aliphatic rings. The minimum absolute atomic E-state index is 0.157. The molecular formula is C8H15N3O. The molecule has 0 aromatic rings. The van der Waals surface area contributed by atoms with E-state index in [-0.39, 0.29) is 12.0 Å². The van der Waals surface area contributed by atoms with Crippen LogP contribution in [0.25, 0.3) is 0 Å². The van der Waals surface area contributed by atoms with Gasteiger partial charge in [-0.2, -0.15) is 0 Å². The Hall–Kier alpha value is -1.03. The van der Waals surface area contributed by atoms with E-state index in [1.807, 2.05) is 0 Å². The number of nitrogens with two attached hydrogens (primary N) is 1. The van der Waals surface area contributed by atoms with Gasteiger partial charge in [-0.1, -0.05) is 0 Å². The lowest BCUT2D eigenvalue weighted by Gasteiger charge is -2.22. The Bertz CT molecular complexity index is 173. The topological polar surface area (TPSA) is 71.1 Å². The minimum atomic E-state index is 0.157. The van der Waals surface area contributed by atoms with Gasteiger partial charge in [0.05, 0.1) is 0 Å². The number of rotatable bonds is 2. The quantitative estimate of drug-likeness (QED) is 0.408. The fraction of sp³-hybridized carbons (Fsp3) is 0.625. The van der Waals surface area contributed by atoms with E-state index in [9.17, 15) is 0 Å². The van der Waals surface area contributed by atoms with Crippen LogP contribution in [0.3, 0.4) is 0 Å². The summed E-state index contributed by atoms with van der Waals surface area (Å²) >= 11 is 0. The Morgan fingerprint density at radius 3 is 2.75 bits per heavy atom. The zero-order valence-corrected chi connectivity index (χ0v) is 7.05. The summed E-state index contributed by atoms with van der Waals surface area (Å²) in [5.74, 6) is 0.157. The summed E-state index contributed by atoms with van der Waals surface area (Å²) in [6.45, 7) is 1.95. The van der Waals surface area contributed by atoms with Crippen molar-refractivity contribution in [2.45, 2.75) is 18.9 Å². The first-order chi connectivity index (χ1) is 5.83. The molecule has 0 bridgehead atoms. The van der Waals surface area contributed by atoms with Crippen molar-refractivity contribution in [1.82, 2.24) is 5.32 Å². The largest absolute Gasteiger partial charge is 0.475 e. The van der Waals surface area contributed by atoms with Crippen LogP contribution in [0.5, 0.6) is 0 Å². The van der Waals surface area contributed by atoms with Gasteiger partial charge >= 0.3 is 0 Å². The molecule has 12 heavy (non-hydrogen) atoms. The molecule has 0 aromatic carbocycles. The van der Waals surface area contributed by atoms with Crippen molar-refractivity contribution in [2.75, 3.05) is 13.1 Å². The van der Waals surface area contributed by atoms with Crippen molar-refractivity contribution in [3.8, 4) is 0 Å². The van der Waals surface area contributed by atoms with Crippen LogP contribution in [0.2, 0.25) is 0 Å². The van der Waals surface area contributed by atoms with Crippen LogP contribution in [-0.2, 0) is 4.74 Å². The van der Waals surface area contributed by atoms with Crippen molar-refractivity contribution in [3.05, 3.63) is 12.3 Å². The molecular weight excluding hydrogens is 154 g/mol. The number of nitrogens with one attached hydrogen (secondary N) is 2. The fourth-order valence-electron chi connectivity index (χ4n) is 1.22. The summed E-state index contributed by atoms with van der Waals surface area (Å²) < 4.78 is 5.31. The highest BCUT2D eigenvalue weighted by Gasteiger charge is 2.14. The van der Waals surface area contributed by atoms with Gasteiger partial charge < -0.3 is 15.8 Å². The molecule has 0 spiro atoms. The van der Waals surface area contributed by atoms with Crippen molar-refractivity contribution < 1.29 is 4.74 Å². The lowest BCUT2D eigenvalue weighted by Crippen LogP contribution is -2.33. The molecule has 0 amide bonds. The lowest BCUT2D eigenvalue weighted by molar-refractivity contribution is 0.150. The normalized spacial score (nSPS) is 19.7. The van der Waals surface area contributed by atoms with Gasteiger partial charge in [0, 0.05) is 6.08 Å². The van der Waals surface area contributed by atoms with E-state index in [1.165, 1.54) is 12.3 Å². The van der Waals surface area contributed by atoms with E-state index in [1.54, 1.807) is 0 Å². The Morgan fingerprint density at radius 2 is 2.17 bits per heavy atom. The molecule has 1 aliphatic heterocycles. The van der Waals surface area contributed by atoms with Crippen molar-refractivity contribution in [3.63, 3.8) is 0 Å². The zero-order valence-electron chi connectivity index (χ0n) is 7.05. The van der Waals surface area contributed by atoms with Crippen LogP contribution in [0.4, 0.5) is 0 Å². The SMILES string of the molecule is N=C(C=CN)OC1CCNCC1. The van der Waals surface area contributed by atoms with E-state index < -0.39 is 0 Å². The van der Waals surface area contributed by atoms with Crippen LogP contribution in [0.1, 0.15) is 12.8 Å². The maximum absolute atomic E-state index is 7.32. The minimum Gasteiger partial charge on any atom is -0.475 e. The molecule has 68 valence electrons. The molecule has 4 nitrogen and oxygen atoms in total. The highest BCUT2D eigenvalue weighted by Crippen LogP contribution is 2.07. The molecule has 0 saturated carbocycles. The molecule has 1 heterocycles. The van der Waals surface area contributed by atoms with E-state index in [0.717, 1.165) is 25.9 Å². The molecule has 4 heteroatoms. The lowest BCUT2D eigenvalue weighted by atomic mass is 10.1. The molecule has 0 radical (unpaired) electrons. The third-order valence-electron chi connectivity index (χ3n) is 1.83. The highest BCUT2D eigenvalue weighted by molar-refractivity contribution is 5.84. The Morgan fingerprint density at radius 1 is 1.50 bits per heavy atom. The summed E-state index contributed by atoms with van der Waals surface area (Å²) in [6, 6.07) is 0. The van der Waals surface area contributed by atoms with Gasteiger partial charge in [-0.3, -0.25) is 5.41 Å². The van der Waals surface area contributed by atoms with Crippen LogP contribution in [0.15, 0.2) is 12.3 Å². The highest BCUT2D eigenvalue weighted by atomic mass is 16.5. The number of ether oxygens (including phenoxy) is 1. The van der Waals surface area contributed by atoms with Crippen LogP contribution in [-0.4, -0.2) is 25.1 Å². The summed E-state index contributed by atoms with van der Waals surface area (Å²) in [5.41, 5.74) is 5.12. The fourth-order valence-corrected chi connectivity index (χ4v) is 1.22. The van der Waals surface area contributed by atoms with Crippen LogP contribution in [0, 0.1) is 5.41 Å². The summed E-state index contributed by atoms with van der Waals surface area (Å²) in [6.07, 6.45) is 4.92. The van der Waals surface area contributed by atoms with Gasteiger partial charge in [-0.25, -0.2) is 0 Å². The number of piperidine rings is 1. The average molecular weight is 169 g/mol. The Kier molecular flexibility index (Phi) is 3.60. The first-order valence-corrected chi connectivity index (χ1v) is 4.17. The van der Waals surface area contributed by atoms with Gasteiger partial charge in [0.25, 0.3) is 0 Å². The van der Waals surface area contributed by atoms with Gasteiger partial charge in [0.1, 0.15) is 6.10 Å². The van der Waals surface area contributed by atoms with Crippen molar-refractivity contribution >= 4 is 5.90 Å². The number of hydrogen-bond acceptors (Lipinski definition) is 4. The maximum Gasteiger partial charge on any atom is 0.207 e. The zero-order chi connectivity index (χ0) is 8.81. The molecule has 4 N–H and O–H groups in total. The summed E-state index contributed by atoms with van der Waals surface area (Å²) in [7, 11) is 0. The monoisotopic (exact) mass is 169 g/mol.